The Labute approximate surface area is 167 Å². The standard InChI is InChI=1S/C22H31ClN2O2/c1-4-27-12-9-18-13-19(21-20(23)8-6-11-25(18)21)17(3)24-15-22(26)10-5-7-16(2)14-22/h6,8,11,13,16,24,26H,3-5,7,9-10,12,14-15H2,1-2H3/t16-,22-/m0/s1. The molecule has 1 fully saturated rings. The molecule has 3 rings (SSSR count). The summed E-state index contributed by atoms with van der Waals surface area (Å²) >= 11 is 6.51. The third kappa shape index (κ3) is 4.68. The largest absolute Gasteiger partial charge is 0.388 e. The Kier molecular flexibility index (Phi) is 6.51. The molecule has 148 valence electrons. The van der Waals surface area contributed by atoms with Gasteiger partial charge in [0.05, 0.1) is 22.7 Å². The summed E-state index contributed by atoms with van der Waals surface area (Å²) in [7, 11) is 0. The van der Waals surface area contributed by atoms with E-state index in [0.29, 0.717) is 30.7 Å². The molecule has 0 aliphatic heterocycles. The number of halogens is 1. The Morgan fingerprint density at radius 1 is 1.52 bits per heavy atom. The normalized spacial score (nSPS) is 22.9. The van der Waals surface area contributed by atoms with Crippen LogP contribution in [-0.4, -0.2) is 34.9 Å². The van der Waals surface area contributed by atoms with E-state index < -0.39 is 5.60 Å². The zero-order chi connectivity index (χ0) is 19.4. The van der Waals surface area contributed by atoms with Crippen molar-refractivity contribution in [3.8, 4) is 0 Å². The summed E-state index contributed by atoms with van der Waals surface area (Å²) in [5.41, 5.74) is 3.23. The molecule has 0 amide bonds. The van der Waals surface area contributed by atoms with Gasteiger partial charge >= 0.3 is 0 Å². The third-order valence-electron chi connectivity index (χ3n) is 5.55. The van der Waals surface area contributed by atoms with E-state index in [9.17, 15) is 5.11 Å². The van der Waals surface area contributed by atoms with Crippen molar-refractivity contribution in [2.45, 2.75) is 51.6 Å². The van der Waals surface area contributed by atoms with E-state index in [1.807, 2.05) is 25.3 Å². The number of nitrogens with one attached hydrogen (secondary N) is 1. The van der Waals surface area contributed by atoms with Gasteiger partial charge in [0.1, 0.15) is 0 Å². The van der Waals surface area contributed by atoms with Crippen molar-refractivity contribution in [2.24, 2.45) is 5.92 Å². The molecule has 2 N–H and O–H groups in total. The molecule has 0 aromatic carbocycles. The Morgan fingerprint density at radius 2 is 2.33 bits per heavy atom. The van der Waals surface area contributed by atoms with Crippen molar-refractivity contribution in [3.63, 3.8) is 0 Å². The first-order valence-electron chi connectivity index (χ1n) is 9.95. The molecule has 5 heteroatoms. The quantitative estimate of drug-likeness (QED) is 0.643. The third-order valence-corrected chi connectivity index (χ3v) is 5.86. The number of rotatable bonds is 8. The summed E-state index contributed by atoms with van der Waals surface area (Å²) in [6.07, 6.45) is 6.79. The van der Waals surface area contributed by atoms with E-state index >= 15 is 0 Å². The molecule has 1 aliphatic carbocycles. The van der Waals surface area contributed by atoms with Crippen LogP contribution in [0, 0.1) is 5.92 Å². The number of hydrogen-bond acceptors (Lipinski definition) is 3. The molecule has 2 heterocycles. The van der Waals surface area contributed by atoms with Gasteiger partial charge in [0.15, 0.2) is 0 Å². The fourth-order valence-corrected chi connectivity index (χ4v) is 4.45. The second kappa shape index (κ2) is 8.68. The average Bonchev–Trinajstić information content (AvgIpc) is 3.00. The summed E-state index contributed by atoms with van der Waals surface area (Å²) < 4.78 is 7.63. The molecular weight excluding hydrogens is 360 g/mol. The van der Waals surface area contributed by atoms with Crippen molar-refractivity contribution < 1.29 is 9.84 Å². The van der Waals surface area contributed by atoms with Crippen LogP contribution in [0.4, 0.5) is 0 Å². The number of fused-ring (bicyclic) bond motifs is 1. The smallest absolute Gasteiger partial charge is 0.0821 e. The highest BCUT2D eigenvalue weighted by Crippen LogP contribution is 2.33. The van der Waals surface area contributed by atoms with Gasteiger partial charge in [-0.1, -0.05) is 37.9 Å². The second-order valence-corrected chi connectivity index (χ2v) is 8.24. The van der Waals surface area contributed by atoms with E-state index in [-0.39, 0.29) is 0 Å². The Bertz CT molecular complexity index is 801. The van der Waals surface area contributed by atoms with E-state index in [4.69, 9.17) is 16.3 Å². The zero-order valence-corrected chi connectivity index (χ0v) is 17.2. The van der Waals surface area contributed by atoms with E-state index in [1.165, 1.54) is 6.42 Å². The van der Waals surface area contributed by atoms with Crippen molar-refractivity contribution in [2.75, 3.05) is 19.8 Å². The lowest BCUT2D eigenvalue weighted by Gasteiger charge is -2.36. The highest BCUT2D eigenvalue weighted by molar-refractivity contribution is 6.34. The number of pyridine rings is 1. The number of ether oxygens (including phenoxy) is 1. The molecule has 2 atom stereocenters. The first-order chi connectivity index (χ1) is 12.9. The lowest BCUT2D eigenvalue weighted by molar-refractivity contribution is -0.00861. The van der Waals surface area contributed by atoms with Gasteiger partial charge < -0.3 is 19.6 Å². The Hall–Kier alpha value is -1.49. The second-order valence-electron chi connectivity index (χ2n) is 7.83. The highest BCUT2D eigenvalue weighted by Gasteiger charge is 2.32. The van der Waals surface area contributed by atoms with Crippen LogP contribution in [0.2, 0.25) is 5.02 Å². The maximum atomic E-state index is 10.9. The van der Waals surface area contributed by atoms with Crippen LogP contribution in [-0.2, 0) is 11.2 Å². The minimum Gasteiger partial charge on any atom is -0.388 e. The molecule has 0 radical (unpaired) electrons. The van der Waals surface area contributed by atoms with Crippen LogP contribution in [0.5, 0.6) is 0 Å². The maximum absolute atomic E-state index is 10.9. The lowest BCUT2D eigenvalue weighted by atomic mass is 9.79. The van der Waals surface area contributed by atoms with Crippen LogP contribution in [0.25, 0.3) is 11.2 Å². The molecule has 1 saturated carbocycles. The van der Waals surface area contributed by atoms with E-state index in [0.717, 1.165) is 48.2 Å². The van der Waals surface area contributed by atoms with Crippen molar-refractivity contribution in [1.82, 2.24) is 9.72 Å². The van der Waals surface area contributed by atoms with Gasteiger partial charge in [-0.15, -0.1) is 0 Å². The summed E-state index contributed by atoms with van der Waals surface area (Å²) in [5.74, 6) is 0.564. The molecule has 0 saturated heterocycles. The fourth-order valence-electron chi connectivity index (χ4n) is 4.19. The minimum absolute atomic E-state index is 0.520. The summed E-state index contributed by atoms with van der Waals surface area (Å²) in [4.78, 5) is 0. The summed E-state index contributed by atoms with van der Waals surface area (Å²) in [6.45, 7) is 10.4. The monoisotopic (exact) mass is 390 g/mol. The van der Waals surface area contributed by atoms with Crippen LogP contribution >= 0.6 is 11.6 Å². The molecular formula is C22H31ClN2O2. The molecule has 27 heavy (non-hydrogen) atoms. The van der Waals surface area contributed by atoms with Crippen LogP contribution in [0.1, 0.15) is 50.8 Å². The fraction of sp³-hybridized carbons (Fsp3) is 0.545. The van der Waals surface area contributed by atoms with Gasteiger partial charge in [0, 0.05) is 42.7 Å². The SMILES string of the molecule is C=C(NC[C@]1(O)CCC[C@H](C)C1)c1cc(CCOCC)n2cccc(Cl)c12. The van der Waals surface area contributed by atoms with Gasteiger partial charge in [-0.25, -0.2) is 0 Å². The molecule has 2 aromatic rings. The minimum atomic E-state index is -0.655. The predicted molar refractivity (Wildman–Crippen MR) is 112 cm³/mol. The summed E-state index contributed by atoms with van der Waals surface area (Å²) in [6, 6.07) is 5.98. The van der Waals surface area contributed by atoms with E-state index in [1.54, 1.807) is 0 Å². The first kappa shape index (κ1) is 20.2. The van der Waals surface area contributed by atoms with Gasteiger partial charge in [-0.2, -0.15) is 0 Å². The number of nitrogens with zero attached hydrogens (tertiary/aromatic N) is 1. The highest BCUT2D eigenvalue weighted by atomic mass is 35.5. The van der Waals surface area contributed by atoms with Crippen LogP contribution in [0.15, 0.2) is 31.0 Å². The average molecular weight is 391 g/mol. The Balaban J connectivity index is 1.79. The topological polar surface area (TPSA) is 45.9 Å². The van der Waals surface area contributed by atoms with E-state index in [2.05, 4.69) is 29.3 Å². The van der Waals surface area contributed by atoms with Crippen molar-refractivity contribution >= 4 is 22.8 Å². The molecule has 2 aromatic heterocycles. The molecule has 0 unspecified atom stereocenters. The molecule has 4 nitrogen and oxygen atoms in total. The number of hydrogen-bond donors (Lipinski definition) is 2. The molecule has 1 aliphatic rings. The Morgan fingerprint density at radius 3 is 3.07 bits per heavy atom. The van der Waals surface area contributed by atoms with Gasteiger partial charge in [0.2, 0.25) is 0 Å². The van der Waals surface area contributed by atoms with Crippen LogP contribution < -0.4 is 5.32 Å². The maximum Gasteiger partial charge on any atom is 0.0821 e. The van der Waals surface area contributed by atoms with Crippen molar-refractivity contribution in [1.29, 1.82) is 0 Å². The molecule has 0 bridgehead atoms. The van der Waals surface area contributed by atoms with Gasteiger partial charge in [-0.05, 0) is 43.9 Å². The van der Waals surface area contributed by atoms with Gasteiger partial charge in [0.25, 0.3) is 0 Å². The first-order valence-corrected chi connectivity index (χ1v) is 10.3. The van der Waals surface area contributed by atoms with Crippen LogP contribution in [0.3, 0.4) is 0 Å². The summed E-state index contributed by atoms with van der Waals surface area (Å²) in [5, 5.41) is 15.0. The molecule has 0 spiro atoms. The lowest BCUT2D eigenvalue weighted by Crippen LogP contribution is -2.43. The predicted octanol–water partition coefficient (Wildman–Crippen LogP) is 4.67. The zero-order valence-electron chi connectivity index (χ0n) is 16.4. The van der Waals surface area contributed by atoms with Crippen molar-refractivity contribution in [3.05, 3.63) is 47.3 Å². The number of aromatic nitrogens is 1. The number of aliphatic hydroxyl groups is 1. The van der Waals surface area contributed by atoms with Gasteiger partial charge in [-0.3, -0.25) is 0 Å².